The zero-order valence-corrected chi connectivity index (χ0v) is 17.7. The SMILES string of the molecule is CCn1c(COc2ccc(F)cc2Cl)nnc1SCC(=O)Nc1ccccc1Cl. The summed E-state index contributed by atoms with van der Waals surface area (Å²) in [6, 6.07) is 10.9. The molecule has 1 heterocycles. The molecule has 3 aromatic rings. The zero-order valence-electron chi connectivity index (χ0n) is 15.4. The number of carbonyl (C=O) groups is 1. The Hall–Kier alpha value is -2.29. The van der Waals surface area contributed by atoms with Gasteiger partial charge >= 0.3 is 0 Å². The highest BCUT2D eigenvalue weighted by molar-refractivity contribution is 7.99. The van der Waals surface area contributed by atoms with Gasteiger partial charge < -0.3 is 14.6 Å². The van der Waals surface area contributed by atoms with Crippen LogP contribution in [0.25, 0.3) is 0 Å². The van der Waals surface area contributed by atoms with E-state index in [1.54, 1.807) is 24.3 Å². The Kier molecular flexibility index (Phi) is 7.35. The van der Waals surface area contributed by atoms with Crippen LogP contribution in [0.2, 0.25) is 10.0 Å². The average molecular weight is 455 g/mol. The predicted molar refractivity (Wildman–Crippen MR) is 112 cm³/mol. The van der Waals surface area contributed by atoms with Crippen LogP contribution in [-0.4, -0.2) is 26.4 Å². The fourth-order valence-electron chi connectivity index (χ4n) is 2.46. The Morgan fingerprint density at radius 1 is 1.21 bits per heavy atom. The van der Waals surface area contributed by atoms with Gasteiger partial charge in [0.25, 0.3) is 0 Å². The number of benzene rings is 2. The van der Waals surface area contributed by atoms with Crippen molar-refractivity contribution in [2.75, 3.05) is 11.1 Å². The van der Waals surface area contributed by atoms with Crippen molar-refractivity contribution in [3.8, 4) is 5.75 Å². The minimum absolute atomic E-state index is 0.110. The molecule has 1 aromatic heterocycles. The van der Waals surface area contributed by atoms with Gasteiger partial charge in [-0.05, 0) is 37.3 Å². The summed E-state index contributed by atoms with van der Waals surface area (Å²) in [4.78, 5) is 12.2. The molecule has 0 atom stereocenters. The van der Waals surface area contributed by atoms with Crippen LogP contribution in [0.4, 0.5) is 10.1 Å². The molecule has 6 nitrogen and oxygen atoms in total. The number of carbonyl (C=O) groups excluding carboxylic acids is 1. The summed E-state index contributed by atoms with van der Waals surface area (Å²) in [5.41, 5.74) is 0.557. The van der Waals surface area contributed by atoms with Gasteiger partial charge in [0.2, 0.25) is 5.91 Å². The second-order valence-electron chi connectivity index (χ2n) is 5.82. The number of ether oxygens (including phenoxy) is 1. The lowest BCUT2D eigenvalue weighted by Crippen LogP contribution is -2.15. The lowest BCUT2D eigenvalue weighted by Gasteiger charge is -2.10. The first-order chi connectivity index (χ1) is 14.0. The van der Waals surface area contributed by atoms with Gasteiger partial charge in [0.05, 0.1) is 21.5 Å². The van der Waals surface area contributed by atoms with E-state index in [1.165, 1.54) is 30.0 Å². The van der Waals surface area contributed by atoms with E-state index in [1.807, 2.05) is 11.5 Å². The normalized spacial score (nSPS) is 10.8. The van der Waals surface area contributed by atoms with Gasteiger partial charge in [-0.25, -0.2) is 4.39 Å². The molecule has 2 aromatic carbocycles. The lowest BCUT2D eigenvalue weighted by atomic mass is 10.3. The molecule has 0 fully saturated rings. The van der Waals surface area contributed by atoms with Crippen LogP contribution in [-0.2, 0) is 17.9 Å². The number of aromatic nitrogens is 3. The van der Waals surface area contributed by atoms with Crippen molar-refractivity contribution in [3.05, 3.63) is 64.2 Å². The second kappa shape index (κ2) is 9.96. The lowest BCUT2D eigenvalue weighted by molar-refractivity contribution is -0.113. The highest BCUT2D eigenvalue weighted by Gasteiger charge is 2.15. The van der Waals surface area contributed by atoms with Gasteiger partial charge in [-0.1, -0.05) is 47.1 Å². The molecule has 10 heteroatoms. The number of rotatable bonds is 8. The van der Waals surface area contributed by atoms with E-state index in [-0.39, 0.29) is 23.3 Å². The first-order valence-electron chi connectivity index (χ1n) is 8.65. The van der Waals surface area contributed by atoms with E-state index in [0.29, 0.717) is 34.0 Å². The predicted octanol–water partition coefficient (Wildman–Crippen LogP) is 5.05. The van der Waals surface area contributed by atoms with Crippen LogP contribution >= 0.6 is 35.0 Å². The molecular formula is C19H17Cl2FN4O2S. The summed E-state index contributed by atoms with van der Waals surface area (Å²) >= 11 is 13.3. The van der Waals surface area contributed by atoms with Crippen LogP contribution in [0.15, 0.2) is 47.6 Å². The minimum Gasteiger partial charge on any atom is -0.484 e. The maximum atomic E-state index is 13.1. The molecule has 0 radical (unpaired) electrons. The van der Waals surface area contributed by atoms with E-state index in [2.05, 4.69) is 15.5 Å². The zero-order chi connectivity index (χ0) is 20.8. The van der Waals surface area contributed by atoms with Crippen LogP contribution in [0, 0.1) is 5.82 Å². The second-order valence-corrected chi connectivity index (χ2v) is 7.58. The monoisotopic (exact) mass is 454 g/mol. The largest absolute Gasteiger partial charge is 0.484 e. The molecule has 0 aliphatic rings. The van der Waals surface area contributed by atoms with Crippen molar-refractivity contribution in [1.82, 2.24) is 14.8 Å². The Morgan fingerprint density at radius 3 is 2.72 bits per heavy atom. The van der Waals surface area contributed by atoms with Crippen molar-refractivity contribution < 1.29 is 13.9 Å². The number of nitrogens with one attached hydrogen (secondary N) is 1. The Bertz CT molecular complexity index is 1020. The van der Waals surface area contributed by atoms with Gasteiger partial charge in [0.15, 0.2) is 11.0 Å². The summed E-state index contributed by atoms with van der Waals surface area (Å²) in [6.45, 7) is 2.64. The number of para-hydroxylation sites is 1. The van der Waals surface area contributed by atoms with Crippen molar-refractivity contribution in [2.24, 2.45) is 0 Å². The van der Waals surface area contributed by atoms with Gasteiger partial charge in [-0.2, -0.15) is 0 Å². The van der Waals surface area contributed by atoms with Crippen LogP contribution < -0.4 is 10.1 Å². The Balaban J connectivity index is 1.60. The number of anilines is 1. The van der Waals surface area contributed by atoms with E-state index in [9.17, 15) is 9.18 Å². The first kappa shape index (κ1) is 21.4. The van der Waals surface area contributed by atoms with E-state index in [0.717, 1.165) is 0 Å². The minimum atomic E-state index is -0.437. The molecule has 0 spiro atoms. The molecule has 0 saturated heterocycles. The number of nitrogens with zero attached hydrogens (tertiary/aromatic N) is 3. The summed E-state index contributed by atoms with van der Waals surface area (Å²) < 4.78 is 20.6. The van der Waals surface area contributed by atoms with Crippen molar-refractivity contribution >= 4 is 46.6 Å². The maximum absolute atomic E-state index is 13.1. The quantitative estimate of drug-likeness (QED) is 0.482. The Morgan fingerprint density at radius 2 is 2.00 bits per heavy atom. The number of thioether (sulfide) groups is 1. The molecule has 152 valence electrons. The molecule has 0 saturated carbocycles. The summed E-state index contributed by atoms with van der Waals surface area (Å²) in [5, 5.41) is 12.3. The third-order valence-electron chi connectivity index (χ3n) is 3.84. The molecule has 0 unspecified atom stereocenters. The van der Waals surface area contributed by atoms with Gasteiger partial charge in [0.1, 0.15) is 18.2 Å². The van der Waals surface area contributed by atoms with Crippen LogP contribution in [0.3, 0.4) is 0 Å². The van der Waals surface area contributed by atoms with Gasteiger partial charge in [-0.15, -0.1) is 10.2 Å². The van der Waals surface area contributed by atoms with Crippen LogP contribution in [0.5, 0.6) is 5.75 Å². The number of halogens is 3. The fourth-order valence-corrected chi connectivity index (χ4v) is 3.69. The number of hydrogen-bond donors (Lipinski definition) is 1. The first-order valence-corrected chi connectivity index (χ1v) is 10.4. The number of amides is 1. The van der Waals surface area contributed by atoms with E-state index in [4.69, 9.17) is 27.9 Å². The molecule has 1 N–H and O–H groups in total. The maximum Gasteiger partial charge on any atom is 0.234 e. The van der Waals surface area contributed by atoms with E-state index < -0.39 is 5.82 Å². The highest BCUT2D eigenvalue weighted by Crippen LogP contribution is 2.26. The fraction of sp³-hybridized carbons (Fsp3) is 0.211. The molecule has 0 aliphatic heterocycles. The van der Waals surface area contributed by atoms with Crippen LogP contribution in [0.1, 0.15) is 12.7 Å². The molecule has 3 rings (SSSR count). The van der Waals surface area contributed by atoms with Crippen molar-refractivity contribution in [2.45, 2.75) is 25.2 Å². The highest BCUT2D eigenvalue weighted by atomic mass is 35.5. The topological polar surface area (TPSA) is 69.0 Å². The summed E-state index contributed by atoms with van der Waals surface area (Å²) in [5.74, 6) is 0.431. The third kappa shape index (κ3) is 5.62. The van der Waals surface area contributed by atoms with Crippen molar-refractivity contribution in [3.63, 3.8) is 0 Å². The number of hydrogen-bond acceptors (Lipinski definition) is 5. The standard InChI is InChI=1S/C19H17Cl2FN4O2S/c1-2-26-17(10-28-16-8-7-12(22)9-14(16)21)24-25-19(26)29-11-18(27)23-15-6-4-3-5-13(15)20/h3-9H,2,10-11H2,1H3,(H,23,27). The molecule has 0 bridgehead atoms. The molecular weight excluding hydrogens is 438 g/mol. The molecule has 0 aliphatic carbocycles. The average Bonchev–Trinajstić information content (AvgIpc) is 3.09. The molecule has 1 amide bonds. The summed E-state index contributed by atoms with van der Waals surface area (Å²) in [6.07, 6.45) is 0. The smallest absolute Gasteiger partial charge is 0.234 e. The van der Waals surface area contributed by atoms with Crippen molar-refractivity contribution in [1.29, 1.82) is 0 Å². The third-order valence-corrected chi connectivity index (χ3v) is 5.43. The molecule has 29 heavy (non-hydrogen) atoms. The summed E-state index contributed by atoms with van der Waals surface area (Å²) in [7, 11) is 0. The van der Waals surface area contributed by atoms with E-state index >= 15 is 0 Å². The van der Waals surface area contributed by atoms with Gasteiger partial charge in [-0.3, -0.25) is 4.79 Å². The van der Waals surface area contributed by atoms with Gasteiger partial charge in [0, 0.05) is 6.54 Å². The Labute approximate surface area is 181 Å².